The fourth-order valence-corrected chi connectivity index (χ4v) is 5.58. The molecular formula is C33H32F2N2O3. The molecule has 206 valence electrons. The van der Waals surface area contributed by atoms with Crippen molar-refractivity contribution in [1.29, 1.82) is 0 Å². The summed E-state index contributed by atoms with van der Waals surface area (Å²) in [4.78, 5) is 16.8. The smallest absolute Gasteiger partial charge is 0.321 e. The van der Waals surface area contributed by atoms with Gasteiger partial charge >= 0.3 is 6.03 Å². The van der Waals surface area contributed by atoms with Gasteiger partial charge in [-0.3, -0.25) is 0 Å². The Labute approximate surface area is 232 Å². The highest BCUT2D eigenvalue weighted by atomic mass is 19.1. The van der Waals surface area contributed by atoms with Gasteiger partial charge in [0.1, 0.15) is 23.8 Å². The SMILES string of the molecule is O=C1N(Cc2cccc(O)c2)[C@H]([C@H](F)Cc2ccccc2)[C@@H]([C@H](F)Cc2ccccc2)N1Cc1cccc(O)c1. The third-order valence-electron chi connectivity index (χ3n) is 7.38. The second-order valence-electron chi connectivity index (χ2n) is 10.3. The maximum Gasteiger partial charge on any atom is 0.321 e. The van der Waals surface area contributed by atoms with Crippen LogP contribution in [-0.2, 0) is 25.9 Å². The average Bonchev–Trinajstić information content (AvgIpc) is 3.21. The van der Waals surface area contributed by atoms with Crippen molar-refractivity contribution in [3.05, 3.63) is 131 Å². The van der Waals surface area contributed by atoms with Crippen molar-refractivity contribution in [2.45, 2.75) is 50.4 Å². The number of halogens is 2. The largest absolute Gasteiger partial charge is 0.508 e. The van der Waals surface area contributed by atoms with Crippen LogP contribution in [0.4, 0.5) is 13.6 Å². The predicted octanol–water partition coefficient (Wildman–Crippen LogP) is 6.43. The first-order chi connectivity index (χ1) is 19.4. The van der Waals surface area contributed by atoms with Gasteiger partial charge in [0, 0.05) is 25.9 Å². The Balaban J connectivity index is 1.54. The molecule has 1 aliphatic rings. The van der Waals surface area contributed by atoms with E-state index in [-0.39, 0.29) is 37.4 Å². The van der Waals surface area contributed by atoms with Gasteiger partial charge < -0.3 is 20.0 Å². The molecule has 0 aromatic heterocycles. The Morgan fingerprint density at radius 1 is 0.575 bits per heavy atom. The Morgan fingerprint density at radius 2 is 0.950 bits per heavy atom. The van der Waals surface area contributed by atoms with Crippen LogP contribution in [0.25, 0.3) is 0 Å². The van der Waals surface area contributed by atoms with E-state index in [0.717, 1.165) is 11.1 Å². The molecule has 0 spiro atoms. The lowest BCUT2D eigenvalue weighted by atomic mass is 9.91. The van der Waals surface area contributed by atoms with Crippen molar-refractivity contribution in [3.8, 4) is 11.5 Å². The molecule has 5 rings (SSSR count). The molecule has 1 fully saturated rings. The molecule has 0 radical (unpaired) electrons. The molecule has 2 amide bonds. The number of hydrogen-bond donors (Lipinski definition) is 2. The van der Waals surface area contributed by atoms with Crippen molar-refractivity contribution in [3.63, 3.8) is 0 Å². The molecule has 1 heterocycles. The van der Waals surface area contributed by atoms with E-state index in [0.29, 0.717) is 11.1 Å². The van der Waals surface area contributed by atoms with Crippen LogP contribution in [0.3, 0.4) is 0 Å². The average molecular weight is 543 g/mol. The van der Waals surface area contributed by atoms with Crippen molar-refractivity contribution in [2.75, 3.05) is 0 Å². The number of alkyl halides is 2. The molecule has 2 N–H and O–H groups in total. The monoisotopic (exact) mass is 542 g/mol. The number of phenols is 2. The molecule has 5 nitrogen and oxygen atoms in total. The minimum atomic E-state index is -1.56. The topological polar surface area (TPSA) is 64.0 Å². The third kappa shape index (κ3) is 6.25. The summed E-state index contributed by atoms with van der Waals surface area (Å²) >= 11 is 0. The summed E-state index contributed by atoms with van der Waals surface area (Å²) in [5, 5.41) is 20.1. The van der Waals surface area contributed by atoms with Crippen molar-refractivity contribution in [1.82, 2.24) is 9.80 Å². The highest BCUT2D eigenvalue weighted by molar-refractivity contribution is 5.78. The Kier molecular flexibility index (Phi) is 8.29. The van der Waals surface area contributed by atoms with Gasteiger partial charge in [0.05, 0.1) is 12.1 Å². The molecule has 0 unspecified atom stereocenters. The number of carbonyl (C=O) groups is 1. The molecule has 1 saturated heterocycles. The quantitative estimate of drug-likeness (QED) is 0.243. The molecule has 40 heavy (non-hydrogen) atoms. The number of benzene rings is 4. The van der Waals surface area contributed by atoms with Crippen LogP contribution in [0.15, 0.2) is 109 Å². The highest BCUT2D eigenvalue weighted by Crippen LogP contribution is 2.36. The summed E-state index contributed by atoms with van der Waals surface area (Å²) in [6, 6.07) is 28.5. The van der Waals surface area contributed by atoms with E-state index in [1.165, 1.54) is 34.1 Å². The molecular weight excluding hydrogens is 510 g/mol. The van der Waals surface area contributed by atoms with E-state index in [2.05, 4.69) is 0 Å². The maximum absolute atomic E-state index is 16.4. The van der Waals surface area contributed by atoms with E-state index in [1.54, 1.807) is 24.3 Å². The lowest BCUT2D eigenvalue weighted by Gasteiger charge is -2.33. The zero-order chi connectivity index (χ0) is 28.1. The number of amides is 2. The van der Waals surface area contributed by atoms with Crippen LogP contribution < -0.4 is 0 Å². The molecule has 4 atom stereocenters. The van der Waals surface area contributed by atoms with Crippen molar-refractivity contribution in [2.24, 2.45) is 0 Å². The van der Waals surface area contributed by atoms with Crippen LogP contribution in [-0.4, -0.2) is 50.5 Å². The summed E-state index contributed by atoms with van der Waals surface area (Å²) in [6.07, 6.45) is -3.08. The summed E-state index contributed by atoms with van der Waals surface area (Å²) in [5.74, 6) is 0.0600. The number of urea groups is 1. The van der Waals surface area contributed by atoms with Crippen LogP contribution >= 0.6 is 0 Å². The number of nitrogens with zero attached hydrogens (tertiary/aromatic N) is 2. The molecule has 4 aromatic rings. The van der Waals surface area contributed by atoms with E-state index in [4.69, 9.17) is 0 Å². The first kappa shape index (κ1) is 27.2. The fraction of sp³-hybridized carbons (Fsp3) is 0.242. The van der Waals surface area contributed by atoms with Gasteiger partial charge in [-0.15, -0.1) is 0 Å². The Hall–Kier alpha value is -4.39. The van der Waals surface area contributed by atoms with Crippen molar-refractivity contribution < 1.29 is 23.8 Å². The lowest BCUT2D eigenvalue weighted by Crippen LogP contribution is -2.50. The highest BCUT2D eigenvalue weighted by Gasteiger charge is 2.52. The minimum absolute atomic E-state index is 0.0121. The van der Waals surface area contributed by atoms with E-state index in [1.807, 2.05) is 60.7 Å². The van der Waals surface area contributed by atoms with Gasteiger partial charge in [-0.2, -0.15) is 0 Å². The normalized spacial score (nSPS) is 18.6. The van der Waals surface area contributed by atoms with Gasteiger partial charge in [-0.1, -0.05) is 84.9 Å². The minimum Gasteiger partial charge on any atom is -0.508 e. The number of phenolic OH excluding ortho intramolecular Hbond substituents is 2. The second-order valence-corrected chi connectivity index (χ2v) is 10.3. The van der Waals surface area contributed by atoms with Crippen LogP contribution in [0.1, 0.15) is 22.3 Å². The Bertz CT molecular complexity index is 1310. The number of hydrogen-bond acceptors (Lipinski definition) is 3. The molecule has 0 saturated carbocycles. The van der Waals surface area contributed by atoms with Crippen LogP contribution in [0.5, 0.6) is 11.5 Å². The zero-order valence-corrected chi connectivity index (χ0v) is 22.0. The number of aromatic hydroxyl groups is 2. The van der Waals surface area contributed by atoms with Crippen molar-refractivity contribution >= 4 is 6.03 Å². The molecule has 0 bridgehead atoms. The van der Waals surface area contributed by atoms with E-state index >= 15 is 8.78 Å². The van der Waals surface area contributed by atoms with Gasteiger partial charge in [0.2, 0.25) is 0 Å². The first-order valence-electron chi connectivity index (χ1n) is 13.4. The summed E-state index contributed by atoms with van der Waals surface area (Å²) in [5.41, 5.74) is 2.73. The van der Waals surface area contributed by atoms with Gasteiger partial charge in [0.25, 0.3) is 0 Å². The van der Waals surface area contributed by atoms with Crippen LogP contribution in [0.2, 0.25) is 0 Å². The lowest BCUT2D eigenvalue weighted by molar-refractivity contribution is 0.0905. The maximum atomic E-state index is 16.4. The fourth-order valence-electron chi connectivity index (χ4n) is 5.58. The summed E-state index contributed by atoms with van der Waals surface area (Å²) in [6.45, 7) is 0.0242. The first-order valence-corrected chi connectivity index (χ1v) is 13.4. The van der Waals surface area contributed by atoms with Gasteiger partial charge in [0.15, 0.2) is 0 Å². The van der Waals surface area contributed by atoms with Crippen LogP contribution in [0, 0.1) is 0 Å². The second kappa shape index (κ2) is 12.2. The standard InChI is InChI=1S/C33H32F2N2O3/c34-29(19-23-9-3-1-4-10-23)31-32(30(35)20-24-11-5-2-6-12-24)37(22-26-14-8-16-28(39)18-26)33(40)36(31)21-25-13-7-15-27(38)17-25/h1-18,29-32,38-39H,19-22H2/t29-,30-,31-,32-/m1/s1. The number of carbonyl (C=O) groups excluding carboxylic acids is 1. The third-order valence-corrected chi connectivity index (χ3v) is 7.38. The molecule has 4 aromatic carbocycles. The van der Waals surface area contributed by atoms with E-state index < -0.39 is 30.5 Å². The zero-order valence-electron chi connectivity index (χ0n) is 22.0. The number of rotatable bonds is 10. The van der Waals surface area contributed by atoms with E-state index in [9.17, 15) is 15.0 Å². The van der Waals surface area contributed by atoms with Gasteiger partial charge in [-0.25, -0.2) is 13.6 Å². The Morgan fingerprint density at radius 3 is 1.32 bits per heavy atom. The molecule has 7 heteroatoms. The van der Waals surface area contributed by atoms with Gasteiger partial charge in [-0.05, 0) is 46.5 Å². The summed E-state index contributed by atoms with van der Waals surface area (Å²) < 4.78 is 32.9. The summed E-state index contributed by atoms with van der Waals surface area (Å²) in [7, 11) is 0. The predicted molar refractivity (Wildman–Crippen MR) is 150 cm³/mol. The molecule has 0 aliphatic carbocycles. The molecule has 1 aliphatic heterocycles.